The maximum absolute atomic E-state index is 12.5. The van der Waals surface area contributed by atoms with Crippen molar-refractivity contribution in [2.45, 2.75) is 45.8 Å². The van der Waals surface area contributed by atoms with Crippen molar-refractivity contribution in [2.24, 2.45) is 0 Å². The fourth-order valence-electron chi connectivity index (χ4n) is 2.60. The van der Waals surface area contributed by atoms with Crippen LogP contribution in [0.1, 0.15) is 39.2 Å². The van der Waals surface area contributed by atoms with E-state index in [4.69, 9.17) is 4.74 Å². The van der Waals surface area contributed by atoms with Gasteiger partial charge in [-0.05, 0) is 37.5 Å². The Morgan fingerprint density at radius 1 is 1.38 bits per heavy atom. The summed E-state index contributed by atoms with van der Waals surface area (Å²) in [6.45, 7) is 10.6. The van der Waals surface area contributed by atoms with Gasteiger partial charge in [0, 0.05) is 25.7 Å². The van der Waals surface area contributed by atoms with E-state index in [0.717, 1.165) is 25.4 Å². The van der Waals surface area contributed by atoms with E-state index in [1.165, 1.54) is 5.56 Å². The highest BCUT2D eigenvalue weighted by molar-refractivity contribution is 5.81. The van der Waals surface area contributed by atoms with E-state index in [1.807, 2.05) is 30.0 Å². The number of carbonyl (C=O) groups excluding carboxylic acids is 1. The largest absolute Gasteiger partial charge is 0.481 e. The molecule has 0 bridgehead atoms. The Hall–Kier alpha value is -1.55. The van der Waals surface area contributed by atoms with Gasteiger partial charge in [0.25, 0.3) is 5.91 Å². The molecule has 4 nitrogen and oxygen atoms in total. The SMILES string of the molecule is CC(Oc1cccc(C(C)C)c1)C(=O)N1CCNCC1C. The van der Waals surface area contributed by atoms with E-state index in [1.54, 1.807) is 0 Å². The van der Waals surface area contributed by atoms with Crippen LogP contribution >= 0.6 is 0 Å². The lowest BCUT2D eigenvalue weighted by Crippen LogP contribution is -2.55. The quantitative estimate of drug-likeness (QED) is 0.926. The second kappa shape index (κ2) is 6.94. The molecule has 2 unspecified atom stereocenters. The molecule has 0 aliphatic carbocycles. The summed E-state index contributed by atoms with van der Waals surface area (Å²) in [6.07, 6.45) is -0.451. The lowest BCUT2D eigenvalue weighted by atomic mass is 10.0. The molecule has 116 valence electrons. The van der Waals surface area contributed by atoms with Gasteiger partial charge in [-0.2, -0.15) is 0 Å². The van der Waals surface area contributed by atoms with Gasteiger partial charge in [0.1, 0.15) is 5.75 Å². The summed E-state index contributed by atoms with van der Waals surface area (Å²) >= 11 is 0. The summed E-state index contributed by atoms with van der Waals surface area (Å²) in [4.78, 5) is 14.4. The van der Waals surface area contributed by atoms with Gasteiger partial charge in [0.15, 0.2) is 6.10 Å². The van der Waals surface area contributed by atoms with E-state index in [9.17, 15) is 4.79 Å². The molecule has 4 heteroatoms. The van der Waals surface area contributed by atoms with Gasteiger partial charge in [-0.25, -0.2) is 0 Å². The zero-order chi connectivity index (χ0) is 15.4. The van der Waals surface area contributed by atoms with E-state index in [-0.39, 0.29) is 11.9 Å². The Morgan fingerprint density at radius 3 is 2.81 bits per heavy atom. The van der Waals surface area contributed by atoms with Crippen LogP contribution in [0.3, 0.4) is 0 Å². The lowest BCUT2D eigenvalue weighted by molar-refractivity contribution is -0.140. The third kappa shape index (κ3) is 3.97. The van der Waals surface area contributed by atoms with Gasteiger partial charge in [-0.3, -0.25) is 4.79 Å². The minimum Gasteiger partial charge on any atom is -0.481 e. The predicted molar refractivity (Wildman–Crippen MR) is 84.7 cm³/mol. The minimum atomic E-state index is -0.451. The molecular weight excluding hydrogens is 264 g/mol. The smallest absolute Gasteiger partial charge is 0.263 e. The highest BCUT2D eigenvalue weighted by atomic mass is 16.5. The standard InChI is InChI=1S/C17H26N2O2/c1-12(2)15-6-5-7-16(10-15)21-14(4)17(20)19-9-8-18-11-13(19)3/h5-7,10,12-14,18H,8-9,11H2,1-4H3. The number of nitrogens with one attached hydrogen (secondary N) is 1. The minimum absolute atomic E-state index is 0.0685. The maximum atomic E-state index is 12.5. The summed E-state index contributed by atoms with van der Waals surface area (Å²) in [5.41, 5.74) is 1.22. The third-order valence-corrected chi connectivity index (χ3v) is 3.97. The molecular formula is C17H26N2O2. The number of ether oxygens (including phenoxy) is 1. The van der Waals surface area contributed by atoms with Crippen LogP contribution in [-0.4, -0.2) is 42.6 Å². The van der Waals surface area contributed by atoms with Crippen molar-refractivity contribution < 1.29 is 9.53 Å². The molecule has 0 radical (unpaired) electrons. The number of benzene rings is 1. The zero-order valence-electron chi connectivity index (χ0n) is 13.4. The first-order chi connectivity index (χ1) is 9.99. The molecule has 0 spiro atoms. The summed E-state index contributed by atoms with van der Waals surface area (Å²) in [7, 11) is 0. The highest BCUT2D eigenvalue weighted by Crippen LogP contribution is 2.21. The van der Waals surface area contributed by atoms with E-state index in [0.29, 0.717) is 5.92 Å². The van der Waals surface area contributed by atoms with Crippen LogP contribution in [0.15, 0.2) is 24.3 Å². The van der Waals surface area contributed by atoms with Crippen LogP contribution in [0.2, 0.25) is 0 Å². The van der Waals surface area contributed by atoms with Crippen LogP contribution in [0.25, 0.3) is 0 Å². The highest BCUT2D eigenvalue weighted by Gasteiger charge is 2.27. The van der Waals surface area contributed by atoms with Gasteiger partial charge in [-0.15, -0.1) is 0 Å². The fraction of sp³-hybridized carbons (Fsp3) is 0.588. The maximum Gasteiger partial charge on any atom is 0.263 e. The summed E-state index contributed by atoms with van der Waals surface area (Å²) in [5.74, 6) is 1.29. The molecule has 2 atom stereocenters. The van der Waals surface area contributed by atoms with Crippen molar-refractivity contribution in [1.29, 1.82) is 0 Å². The molecule has 1 fully saturated rings. The molecule has 1 aromatic rings. The van der Waals surface area contributed by atoms with Crippen molar-refractivity contribution in [3.05, 3.63) is 29.8 Å². The van der Waals surface area contributed by atoms with Crippen molar-refractivity contribution >= 4 is 5.91 Å². The Balaban J connectivity index is 2.01. The second-order valence-corrected chi connectivity index (χ2v) is 6.07. The third-order valence-electron chi connectivity index (χ3n) is 3.97. The molecule has 1 saturated heterocycles. The Bertz CT molecular complexity index is 487. The molecule has 1 aromatic carbocycles. The number of piperazine rings is 1. The van der Waals surface area contributed by atoms with Crippen LogP contribution in [-0.2, 0) is 4.79 Å². The summed E-state index contributed by atoms with van der Waals surface area (Å²) in [6, 6.07) is 8.23. The molecule has 2 rings (SSSR count). The average molecular weight is 290 g/mol. The predicted octanol–water partition coefficient (Wildman–Crippen LogP) is 2.40. The number of carbonyl (C=O) groups is 1. The molecule has 1 amide bonds. The van der Waals surface area contributed by atoms with Gasteiger partial charge >= 0.3 is 0 Å². The average Bonchev–Trinajstić information content (AvgIpc) is 2.47. The number of hydrogen-bond acceptors (Lipinski definition) is 3. The lowest BCUT2D eigenvalue weighted by Gasteiger charge is -2.35. The van der Waals surface area contributed by atoms with Crippen LogP contribution in [0, 0.1) is 0 Å². The fourth-order valence-corrected chi connectivity index (χ4v) is 2.60. The first kappa shape index (κ1) is 15.8. The zero-order valence-corrected chi connectivity index (χ0v) is 13.4. The molecule has 0 aromatic heterocycles. The van der Waals surface area contributed by atoms with Crippen LogP contribution in [0.5, 0.6) is 5.75 Å². The van der Waals surface area contributed by atoms with Gasteiger partial charge in [-0.1, -0.05) is 26.0 Å². The van der Waals surface area contributed by atoms with Crippen LogP contribution < -0.4 is 10.1 Å². The van der Waals surface area contributed by atoms with Crippen molar-refractivity contribution in [3.63, 3.8) is 0 Å². The van der Waals surface area contributed by atoms with E-state index >= 15 is 0 Å². The second-order valence-electron chi connectivity index (χ2n) is 6.07. The monoisotopic (exact) mass is 290 g/mol. The van der Waals surface area contributed by atoms with E-state index < -0.39 is 6.10 Å². The first-order valence-electron chi connectivity index (χ1n) is 7.77. The topological polar surface area (TPSA) is 41.6 Å². The number of hydrogen-bond donors (Lipinski definition) is 1. The normalized spacial score (nSPS) is 20.4. The van der Waals surface area contributed by atoms with Gasteiger partial charge in [0.2, 0.25) is 0 Å². The summed E-state index contributed by atoms with van der Waals surface area (Å²) < 4.78 is 5.86. The Morgan fingerprint density at radius 2 is 2.14 bits per heavy atom. The van der Waals surface area contributed by atoms with Gasteiger partial charge in [0.05, 0.1) is 0 Å². The Labute approximate surface area is 127 Å². The molecule has 1 aliphatic rings. The molecule has 0 saturated carbocycles. The number of amides is 1. The van der Waals surface area contributed by atoms with Crippen molar-refractivity contribution in [1.82, 2.24) is 10.2 Å². The molecule has 1 aliphatic heterocycles. The van der Waals surface area contributed by atoms with Crippen LogP contribution in [0.4, 0.5) is 0 Å². The van der Waals surface area contributed by atoms with Gasteiger partial charge < -0.3 is 15.0 Å². The Kier molecular flexibility index (Phi) is 5.23. The summed E-state index contributed by atoms with van der Waals surface area (Å²) in [5, 5.41) is 3.29. The first-order valence-corrected chi connectivity index (χ1v) is 7.77. The molecule has 1 N–H and O–H groups in total. The van der Waals surface area contributed by atoms with E-state index in [2.05, 4.69) is 32.2 Å². The number of rotatable bonds is 4. The van der Waals surface area contributed by atoms with Crippen molar-refractivity contribution in [3.8, 4) is 5.75 Å². The molecule has 21 heavy (non-hydrogen) atoms. The van der Waals surface area contributed by atoms with Crippen molar-refractivity contribution in [2.75, 3.05) is 19.6 Å². The number of nitrogens with zero attached hydrogens (tertiary/aromatic N) is 1. The molecule has 1 heterocycles.